The Labute approximate surface area is 146 Å². The highest BCUT2D eigenvalue weighted by molar-refractivity contribution is 7.90. The predicted molar refractivity (Wildman–Crippen MR) is 98.6 cm³/mol. The van der Waals surface area contributed by atoms with Crippen LogP contribution in [0.25, 0.3) is 0 Å². The van der Waals surface area contributed by atoms with Crippen molar-refractivity contribution in [3.63, 3.8) is 0 Å². The summed E-state index contributed by atoms with van der Waals surface area (Å²) in [5.41, 5.74) is 1.87. The molecule has 0 bridgehead atoms. The molecule has 2 fully saturated rings. The summed E-state index contributed by atoms with van der Waals surface area (Å²) in [6, 6.07) is 6.43. The van der Waals surface area contributed by atoms with Crippen molar-refractivity contribution in [2.24, 2.45) is 0 Å². The molecule has 2 aliphatic rings. The number of anilines is 1. The summed E-state index contributed by atoms with van der Waals surface area (Å²) < 4.78 is 24.3. The van der Waals surface area contributed by atoms with E-state index in [1.165, 1.54) is 6.26 Å². The lowest BCUT2D eigenvalue weighted by Crippen LogP contribution is -2.52. The molecule has 5 nitrogen and oxygen atoms in total. The van der Waals surface area contributed by atoms with Crippen LogP contribution in [0.5, 0.6) is 0 Å². The van der Waals surface area contributed by atoms with Crippen LogP contribution in [0.2, 0.25) is 0 Å². The fraction of sp³-hybridized carbons (Fsp3) is 0.667. The zero-order chi connectivity index (χ0) is 17.3. The third kappa shape index (κ3) is 3.92. The molecule has 2 heterocycles. The molecule has 0 amide bonds. The van der Waals surface area contributed by atoms with Gasteiger partial charge in [0.2, 0.25) is 0 Å². The quantitative estimate of drug-likeness (QED) is 0.828. The number of aryl methyl sites for hydroxylation is 1. The molecule has 6 heteroatoms. The molecule has 134 valence electrons. The highest BCUT2D eigenvalue weighted by Gasteiger charge is 2.28. The molecular formula is C18H29N3O2S. The largest absolute Gasteiger partial charge is 0.370 e. The maximum Gasteiger partial charge on any atom is 0.177 e. The van der Waals surface area contributed by atoms with Crippen molar-refractivity contribution in [2.45, 2.75) is 30.7 Å². The van der Waals surface area contributed by atoms with Crippen molar-refractivity contribution in [2.75, 3.05) is 57.5 Å². The molecule has 0 spiro atoms. The van der Waals surface area contributed by atoms with Gasteiger partial charge in [0.05, 0.1) is 10.6 Å². The van der Waals surface area contributed by atoms with Crippen molar-refractivity contribution in [3.8, 4) is 0 Å². The molecule has 0 N–H and O–H groups in total. The van der Waals surface area contributed by atoms with Crippen LogP contribution in [0, 0.1) is 6.92 Å². The van der Waals surface area contributed by atoms with Gasteiger partial charge in [0.25, 0.3) is 0 Å². The number of piperazine rings is 1. The monoisotopic (exact) mass is 351 g/mol. The molecule has 1 aromatic carbocycles. The van der Waals surface area contributed by atoms with E-state index in [0.29, 0.717) is 10.9 Å². The van der Waals surface area contributed by atoms with Crippen molar-refractivity contribution in [1.82, 2.24) is 9.80 Å². The minimum Gasteiger partial charge on any atom is -0.370 e. The Hall–Kier alpha value is -1.11. The normalized spacial score (nSPS) is 22.0. The lowest BCUT2D eigenvalue weighted by atomic mass is 10.0. The van der Waals surface area contributed by atoms with Crippen LogP contribution in [0.1, 0.15) is 18.4 Å². The van der Waals surface area contributed by atoms with Gasteiger partial charge in [-0.1, -0.05) is 6.07 Å². The topological polar surface area (TPSA) is 43.9 Å². The van der Waals surface area contributed by atoms with Gasteiger partial charge in [-0.25, -0.2) is 8.42 Å². The Kier molecular flexibility index (Phi) is 5.18. The molecule has 24 heavy (non-hydrogen) atoms. The molecular weight excluding hydrogens is 322 g/mol. The summed E-state index contributed by atoms with van der Waals surface area (Å²) in [6.07, 6.45) is 3.53. The van der Waals surface area contributed by atoms with Gasteiger partial charge in [0, 0.05) is 51.6 Å². The maximum atomic E-state index is 12.2. The zero-order valence-corrected chi connectivity index (χ0v) is 15.8. The maximum absolute atomic E-state index is 12.2. The van der Waals surface area contributed by atoms with E-state index in [1.807, 2.05) is 19.1 Å². The van der Waals surface area contributed by atoms with Gasteiger partial charge in [0.1, 0.15) is 0 Å². The number of likely N-dealkylation sites (N-methyl/N-ethyl adjacent to an activating group) is 1. The van der Waals surface area contributed by atoms with Gasteiger partial charge >= 0.3 is 0 Å². The van der Waals surface area contributed by atoms with Crippen molar-refractivity contribution < 1.29 is 8.42 Å². The lowest BCUT2D eigenvalue weighted by molar-refractivity contribution is 0.0981. The summed E-state index contributed by atoms with van der Waals surface area (Å²) in [5, 5.41) is 0. The fourth-order valence-corrected chi connectivity index (χ4v) is 4.82. The SMILES string of the molecule is Cc1ccc(N2CCC(N3CCN(C)CC3)CC2)c(S(C)(=O)=O)c1. The van der Waals surface area contributed by atoms with Crippen LogP contribution in [-0.4, -0.2) is 76.8 Å². The number of piperidine rings is 1. The van der Waals surface area contributed by atoms with Crippen LogP contribution in [0.15, 0.2) is 23.1 Å². The molecule has 0 saturated carbocycles. The number of hydrogen-bond donors (Lipinski definition) is 0. The standard InChI is InChI=1S/C18H29N3O2S/c1-15-4-5-17(18(14-15)24(3,22)23)21-8-6-16(7-9-21)20-12-10-19(2)11-13-20/h4-5,14,16H,6-13H2,1-3H3. The Balaban J connectivity index is 1.69. The number of benzene rings is 1. The smallest absolute Gasteiger partial charge is 0.177 e. The van der Waals surface area contributed by atoms with E-state index < -0.39 is 9.84 Å². The highest BCUT2D eigenvalue weighted by Crippen LogP contribution is 2.30. The van der Waals surface area contributed by atoms with E-state index in [0.717, 1.165) is 63.4 Å². The van der Waals surface area contributed by atoms with E-state index in [2.05, 4.69) is 21.7 Å². The summed E-state index contributed by atoms with van der Waals surface area (Å²) in [4.78, 5) is 7.73. The van der Waals surface area contributed by atoms with Gasteiger partial charge in [0.15, 0.2) is 9.84 Å². The predicted octanol–water partition coefficient (Wildman–Crippen LogP) is 1.61. The third-order valence-corrected chi connectivity index (χ3v) is 6.50. The van der Waals surface area contributed by atoms with Gasteiger partial charge in [-0.2, -0.15) is 0 Å². The minimum absolute atomic E-state index is 0.473. The first kappa shape index (κ1) is 17.7. The van der Waals surface area contributed by atoms with Gasteiger partial charge in [-0.15, -0.1) is 0 Å². The molecule has 0 aliphatic carbocycles. The minimum atomic E-state index is -3.20. The molecule has 0 radical (unpaired) electrons. The van der Waals surface area contributed by atoms with E-state index >= 15 is 0 Å². The average molecular weight is 352 g/mol. The van der Waals surface area contributed by atoms with Crippen LogP contribution in [0.4, 0.5) is 5.69 Å². The van der Waals surface area contributed by atoms with Crippen molar-refractivity contribution in [3.05, 3.63) is 23.8 Å². The molecule has 3 rings (SSSR count). The Morgan fingerprint density at radius 2 is 1.62 bits per heavy atom. The molecule has 0 unspecified atom stereocenters. The number of nitrogens with zero attached hydrogens (tertiary/aromatic N) is 3. The first-order chi connectivity index (χ1) is 11.3. The second kappa shape index (κ2) is 7.02. The molecule has 0 aromatic heterocycles. The second-order valence-corrected chi connectivity index (χ2v) is 9.28. The molecule has 1 aromatic rings. The molecule has 2 aliphatic heterocycles. The van der Waals surface area contributed by atoms with E-state index in [9.17, 15) is 8.42 Å². The van der Waals surface area contributed by atoms with Crippen LogP contribution in [-0.2, 0) is 9.84 Å². The van der Waals surface area contributed by atoms with Gasteiger partial charge < -0.3 is 9.80 Å². The Bertz CT molecular complexity index is 674. The Morgan fingerprint density at radius 1 is 1.00 bits per heavy atom. The van der Waals surface area contributed by atoms with E-state index in [4.69, 9.17) is 0 Å². The van der Waals surface area contributed by atoms with Gasteiger partial charge in [-0.05, 0) is 44.5 Å². The van der Waals surface area contributed by atoms with Crippen LogP contribution in [0.3, 0.4) is 0 Å². The fourth-order valence-electron chi connectivity index (χ4n) is 3.84. The third-order valence-electron chi connectivity index (χ3n) is 5.37. The molecule has 2 saturated heterocycles. The van der Waals surface area contributed by atoms with Crippen LogP contribution < -0.4 is 4.90 Å². The number of rotatable bonds is 3. The van der Waals surface area contributed by atoms with E-state index in [-0.39, 0.29) is 0 Å². The van der Waals surface area contributed by atoms with Crippen molar-refractivity contribution in [1.29, 1.82) is 0 Å². The number of sulfone groups is 1. The summed E-state index contributed by atoms with van der Waals surface area (Å²) in [5.74, 6) is 0. The van der Waals surface area contributed by atoms with E-state index in [1.54, 1.807) is 6.07 Å². The summed E-state index contributed by atoms with van der Waals surface area (Å²) >= 11 is 0. The summed E-state index contributed by atoms with van der Waals surface area (Å²) in [6.45, 7) is 8.41. The highest BCUT2D eigenvalue weighted by atomic mass is 32.2. The average Bonchev–Trinajstić information content (AvgIpc) is 2.55. The lowest BCUT2D eigenvalue weighted by Gasteiger charge is -2.42. The summed E-state index contributed by atoms with van der Waals surface area (Å²) in [7, 11) is -1.02. The molecule has 0 atom stereocenters. The second-order valence-electron chi connectivity index (χ2n) is 7.30. The first-order valence-corrected chi connectivity index (χ1v) is 10.7. The first-order valence-electron chi connectivity index (χ1n) is 8.83. The Morgan fingerprint density at radius 3 is 2.21 bits per heavy atom. The van der Waals surface area contributed by atoms with Crippen LogP contribution >= 0.6 is 0 Å². The van der Waals surface area contributed by atoms with Crippen molar-refractivity contribution >= 4 is 15.5 Å². The number of hydrogen-bond acceptors (Lipinski definition) is 5. The van der Waals surface area contributed by atoms with Gasteiger partial charge in [-0.3, -0.25) is 4.90 Å². The zero-order valence-electron chi connectivity index (χ0n) is 15.0.